The average Bonchev–Trinajstić information content (AvgIpc) is 2.47. The van der Waals surface area contributed by atoms with Gasteiger partial charge in [0.2, 0.25) is 0 Å². The molecule has 0 aliphatic heterocycles. The minimum atomic E-state index is 0.568. The van der Waals surface area contributed by atoms with Crippen LogP contribution >= 0.6 is 11.8 Å². The van der Waals surface area contributed by atoms with Crippen LogP contribution in [-0.2, 0) is 5.75 Å². The minimum Gasteiger partial charge on any atom is -0.497 e. The molecule has 2 rings (SSSR count). The molecule has 0 aliphatic carbocycles. The van der Waals surface area contributed by atoms with E-state index in [2.05, 4.69) is 24.0 Å². The zero-order valence-electron chi connectivity index (χ0n) is 11.7. The predicted octanol–water partition coefficient (Wildman–Crippen LogP) is 3.88. The highest BCUT2D eigenvalue weighted by atomic mass is 32.2. The van der Waals surface area contributed by atoms with Crippen molar-refractivity contribution in [3.63, 3.8) is 0 Å². The standard InChI is InChI=1S/C16H18N2OS/c1-12-5-3-4-6-13(12)11-20-16(17)18-14-7-9-15(19-2)10-8-14/h3-10H,11H2,1-2H3,(H2,17,18). The lowest BCUT2D eigenvalue weighted by Crippen LogP contribution is -2.06. The van der Waals surface area contributed by atoms with Crippen LogP contribution < -0.4 is 10.5 Å². The molecule has 3 nitrogen and oxygen atoms in total. The number of thioether (sulfide) groups is 1. The van der Waals surface area contributed by atoms with Gasteiger partial charge in [-0.1, -0.05) is 36.0 Å². The second-order valence-corrected chi connectivity index (χ2v) is 5.36. The molecular weight excluding hydrogens is 268 g/mol. The summed E-state index contributed by atoms with van der Waals surface area (Å²) in [6.45, 7) is 2.10. The van der Waals surface area contributed by atoms with E-state index in [1.807, 2.05) is 36.4 Å². The van der Waals surface area contributed by atoms with Crippen LogP contribution in [-0.4, -0.2) is 12.3 Å². The zero-order chi connectivity index (χ0) is 14.4. The Labute approximate surface area is 123 Å². The molecule has 0 aliphatic rings. The smallest absolute Gasteiger partial charge is 0.159 e. The van der Waals surface area contributed by atoms with Gasteiger partial charge < -0.3 is 10.5 Å². The highest BCUT2D eigenvalue weighted by Gasteiger charge is 2.00. The Morgan fingerprint density at radius 2 is 1.85 bits per heavy atom. The van der Waals surface area contributed by atoms with Gasteiger partial charge in [-0.15, -0.1) is 0 Å². The summed E-state index contributed by atoms with van der Waals surface area (Å²) in [7, 11) is 1.64. The van der Waals surface area contributed by atoms with Crippen molar-refractivity contribution in [3.8, 4) is 5.75 Å². The van der Waals surface area contributed by atoms with Gasteiger partial charge in [0.25, 0.3) is 0 Å². The van der Waals surface area contributed by atoms with Gasteiger partial charge in [0.15, 0.2) is 5.17 Å². The Morgan fingerprint density at radius 1 is 1.15 bits per heavy atom. The van der Waals surface area contributed by atoms with E-state index in [1.165, 1.54) is 11.1 Å². The predicted molar refractivity (Wildman–Crippen MR) is 86.8 cm³/mol. The molecule has 0 unspecified atom stereocenters. The molecule has 0 saturated carbocycles. The molecular formula is C16H18N2OS. The number of benzene rings is 2. The zero-order valence-corrected chi connectivity index (χ0v) is 12.5. The monoisotopic (exact) mass is 286 g/mol. The molecule has 0 heterocycles. The summed E-state index contributed by atoms with van der Waals surface area (Å²) >= 11 is 1.54. The molecule has 20 heavy (non-hydrogen) atoms. The summed E-state index contributed by atoms with van der Waals surface area (Å²) in [5.74, 6) is 1.65. The number of nitrogens with two attached hydrogens (primary N) is 1. The summed E-state index contributed by atoms with van der Waals surface area (Å²) in [6, 6.07) is 15.8. The summed E-state index contributed by atoms with van der Waals surface area (Å²) in [6.07, 6.45) is 0. The molecule has 0 bridgehead atoms. The van der Waals surface area contributed by atoms with Crippen LogP contribution in [0.1, 0.15) is 11.1 Å². The van der Waals surface area contributed by atoms with Crippen LogP contribution in [0.15, 0.2) is 53.5 Å². The van der Waals surface area contributed by atoms with Crippen molar-refractivity contribution < 1.29 is 4.74 Å². The van der Waals surface area contributed by atoms with Crippen LogP contribution in [0, 0.1) is 6.92 Å². The average molecular weight is 286 g/mol. The van der Waals surface area contributed by atoms with Crippen molar-refractivity contribution in [2.75, 3.05) is 7.11 Å². The van der Waals surface area contributed by atoms with Crippen molar-refractivity contribution in [1.29, 1.82) is 0 Å². The lowest BCUT2D eigenvalue weighted by Gasteiger charge is -2.05. The molecule has 0 amide bonds. The van der Waals surface area contributed by atoms with Crippen molar-refractivity contribution in [2.24, 2.45) is 10.7 Å². The Morgan fingerprint density at radius 3 is 2.50 bits per heavy atom. The third kappa shape index (κ3) is 4.03. The maximum absolute atomic E-state index is 5.96. The first kappa shape index (κ1) is 14.5. The van der Waals surface area contributed by atoms with Gasteiger partial charge in [-0.25, -0.2) is 4.99 Å². The third-order valence-electron chi connectivity index (χ3n) is 2.95. The Balaban J connectivity index is 1.98. The maximum Gasteiger partial charge on any atom is 0.159 e. The van der Waals surface area contributed by atoms with Gasteiger partial charge in [0, 0.05) is 5.75 Å². The van der Waals surface area contributed by atoms with E-state index in [9.17, 15) is 0 Å². The second kappa shape index (κ2) is 7.01. The van der Waals surface area contributed by atoms with Gasteiger partial charge in [-0.3, -0.25) is 0 Å². The molecule has 0 saturated heterocycles. The SMILES string of the molecule is COc1ccc(N=C(N)SCc2ccccc2C)cc1. The second-order valence-electron chi connectivity index (χ2n) is 4.36. The fourth-order valence-corrected chi connectivity index (χ4v) is 2.54. The Hall–Kier alpha value is -1.94. The van der Waals surface area contributed by atoms with Crippen molar-refractivity contribution in [2.45, 2.75) is 12.7 Å². The van der Waals surface area contributed by atoms with E-state index >= 15 is 0 Å². The molecule has 2 aromatic rings. The van der Waals surface area contributed by atoms with E-state index in [0.29, 0.717) is 5.17 Å². The van der Waals surface area contributed by atoms with Crippen molar-refractivity contribution in [3.05, 3.63) is 59.7 Å². The number of hydrogen-bond acceptors (Lipinski definition) is 3. The maximum atomic E-state index is 5.96. The summed E-state index contributed by atoms with van der Waals surface area (Å²) in [4.78, 5) is 4.38. The number of ether oxygens (including phenoxy) is 1. The molecule has 0 atom stereocenters. The normalized spacial score (nSPS) is 11.4. The molecule has 0 radical (unpaired) electrons. The van der Waals surface area contributed by atoms with E-state index in [4.69, 9.17) is 10.5 Å². The first-order valence-electron chi connectivity index (χ1n) is 6.34. The van der Waals surface area contributed by atoms with E-state index in [-0.39, 0.29) is 0 Å². The summed E-state index contributed by atoms with van der Waals surface area (Å²) in [5.41, 5.74) is 9.35. The van der Waals surface area contributed by atoms with E-state index < -0.39 is 0 Å². The largest absolute Gasteiger partial charge is 0.497 e. The van der Waals surface area contributed by atoms with Crippen molar-refractivity contribution in [1.82, 2.24) is 0 Å². The number of amidine groups is 1. The first-order chi connectivity index (χ1) is 9.69. The van der Waals surface area contributed by atoms with Crippen LogP contribution in [0.3, 0.4) is 0 Å². The summed E-state index contributed by atoms with van der Waals surface area (Å²) in [5, 5.41) is 0.568. The summed E-state index contributed by atoms with van der Waals surface area (Å²) < 4.78 is 5.11. The number of methoxy groups -OCH3 is 1. The fourth-order valence-electron chi connectivity index (χ4n) is 1.74. The number of hydrogen-bond donors (Lipinski definition) is 1. The Bertz CT molecular complexity index is 594. The van der Waals surface area contributed by atoms with Gasteiger partial charge in [0.05, 0.1) is 12.8 Å². The number of rotatable bonds is 4. The van der Waals surface area contributed by atoms with Crippen LogP contribution in [0.4, 0.5) is 5.69 Å². The molecule has 104 valence electrons. The topological polar surface area (TPSA) is 47.6 Å². The molecule has 2 N–H and O–H groups in total. The molecule has 2 aromatic carbocycles. The van der Waals surface area contributed by atoms with E-state index in [0.717, 1.165) is 17.2 Å². The van der Waals surface area contributed by atoms with E-state index in [1.54, 1.807) is 18.9 Å². The van der Waals surface area contributed by atoms with Gasteiger partial charge in [-0.05, 0) is 42.3 Å². The lowest BCUT2D eigenvalue weighted by atomic mass is 10.1. The quantitative estimate of drug-likeness (QED) is 0.685. The molecule has 0 spiro atoms. The minimum absolute atomic E-state index is 0.568. The number of aliphatic imine (C=N–C) groups is 1. The van der Waals surface area contributed by atoms with Crippen LogP contribution in [0.5, 0.6) is 5.75 Å². The molecule has 0 fully saturated rings. The van der Waals surface area contributed by atoms with Crippen LogP contribution in [0.2, 0.25) is 0 Å². The number of aryl methyl sites for hydroxylation is 1. The highest BCUT2D eigenvalue weighted by molar-refractivity contribution is 8.13. The van der Waals surface area contributed by atoms with Gasteiger partial charge >= 0.3 is 0 Å². The first-order valence-corrected chi connectivity index (χ1v) is 7.33. The number of nitrogens with zero attached hydrogens (tertiary/aromatic N) is 1. The van der Waals surface area contributed by atoms with Gasteiger partial charge in [-0.2, -0.15) is 0 Å². The highest BCUT2D eigenvalue weighted by Crippen LogP contribution is 2.21. The van der Waals surface area contributed by atoms with Crippen molar-refractivity contribution >= 4 is 22.6 Å². The third-order valence-corrected chi connectivity index (χ3v) is 3.79. The Kier molecular flexibility index (Phi) is 5.07. The van der Waals surface area contributed by atoms with Gasteiger partial charge in [0.1, 0.15) is 5.75 Å². The molecule has 4 heteroatoms. The fraction of sp³-hybridized carbons (Fsp3) is 0.188. The molecule has 0 aromatic heterocycles. The lowest BCUT2D eigenvalue weighted by molar-refractivity contribution is 0.415. The van der Waals surface area contributed by atoms with Crippen LogP contribution in [0.25, 0.3) is 0 Å².